The minimum Gasteiger partial charge on any atom is -0.504 e. The molecule has 1 aliphatic heterocycles. The van der Waals surface area contributed by atoms with E-state index < -0.39 is 6.04 Å². The summed E-state index contributed by atoms with van der Waals surface area (Å²) >= 11 is 0. The Labute approximate surface area is 161 Å². The molecule has 1 aliphatic rings. The number of amides is 1. The zero-order valence-corrected chi connectivity index (χ0v) is 15.6. The van der Waals surface area contributed by atoms with E-state index >= 15 is 0 Å². The predicted molar refractivity (Wildman–Crippen MR) is 105 cm³/mol. The number of nitrogens with zero attached hydrogens (tertiary/aromatic N) is 1. The van der Waals surface area contributed by atoms with Gasteiger partial charge in [0.05, 0.1) is 24.1 Å². The maximum atomic E-state index is 13.3. The van der Waals surface area contributed by atoms with Gasteiger partial charge in [-0.05, 0) is 36.8 Å². The lowest BCUT2D eigenvalue weighted by Gasteiger charge is -2.24. The van der Waals surface area contributed by atoms with E-state index in [0.29, 0.717) is 16.5 Å². The van der Waals surface area contributed by atoms with Crippen LogP contribution in [0.15, 0.2) is 58.3 Å². The molecule has 2 aromatic carbocycles. The Bertz CT molecular complexity index is 1180. The molecule has 0 radical (unpaired) electrons. The Morgan fingerprint density at radius 2 is 2.04 bits per heavy atom. The number of rotatable bonds is 4. The smallest absolute Gasteiger partial charge is 0.291 e. The number of aryl methyl sites for hydroxylation is 1. The normalized spacial score (nSPS) is 15.7. The van der Waals surface area contributed by atoms with Gasteiger partial charge in [-0.1, -0.05) is 23.8 Å². The van der Waals surface area contributed by atoms with Gasteiger partial charge in [-0.25, -0.2) is 0 Å². The SMILES string of the molecule is C=CCN1C(=O)c2oc3ccc(C)cc3c(=O)c2C1c1ccc(O)c(OC)c1. The maximum Gasteiger partial charge on any atom is 0.291 e. The summed E-state index contributed by atoms with van der Waals surface area (Å²) < 4.78 is 11.1. The van der Waals surface area contributed by atoms with Crippen molar-refractivity contribution >= 4 is 16.9 Å². The second-order valence-electron chi connectivity index (χ2n) is 6.75. The van der Waals surface area contributed by atoms with E-state index in [1.54, 1.807) is 30.3 Å². The largest absolute Gasteiger partial charge is 0.504 e. The predicted octanol–water partition coefficient (Wildman–Crippen LogP) is 3.55. The van der Waals surface area contributed by atoms with Crippen LogP contribution in [0.1, 0.15) is 33.3 Å². The molecule has 0 spiro atoms. The van der Waals surface area contributed by atoms with Gasteiger partial charge in [0, 0.05) is 6.54 Å². The standard InChI is InChI=1S/C22H19NO5/c1-4-9-23-19(13-6-7-15(24)17(11-13)27-3)18-20(25)14-10-12(2)5-8-16(14)28-21(18)22(23)26/h4-8,10-11,19,24H,1,9H2,2-3H3. The molecule has 0 saturated heterocycles. The number of hydrogen-bond acceptors (Lipinski definition) is 5. The lowest BCUT2D eigenvalue weighted by atomic mass is 9.97. The number of carbonyl (C=O) groups excluding carboxylic acids is 1. The van der Waals surface area contributed by atoms with Gasteiger partial charge in [0.2, 0.25) is 5.76 Å². The average molecular weight is 377 g/mol. The summed E-state index contributed by atoms with van der Waals surface area (Å²) in [7, 11) is 1.44. The summed E-state index contributed by atoms with van der Waals surface area (Å²) in [5, 5.41) is 10.4. The first-order valence-corrected chi connectivity index (χ1v) is 8.82. The number of carbonyl (C=O) groups is 1. The van der Waals surface area contributed by atoms with Crippen molar-refractivity contribution in [1.29, 1.82) is 0 Å². The van der Waals surface area contributed by atoms with Crippen LogP contribution in [0.5, 0.6) is 11.5 Å². The Morgan fingerprint density at radius 1 is 1.25 bits per heavy atom. The first-order chi connectivity index (χ1) is 13.5. The number of benzene rings is 2. The van der Waals surface area contributed by atoms with Crippen molar-refractivity contribution in [2.45, 2.75) is 13.0 Å². The van der Waals surface area contributed by atoms with Crippen LogP contribution in [0.3, 0.4) is 0 Å². The Balaban J connectivity index is 2.02. The maximum absolute atomic E-state index is 13.3. The molecule has 28 heavy (non-hydrogen) atoms. The van der Waals surface area contributed by atoms with Crippen LogP contribution in [0.4, 0.5) is 0 Å². The van der Waals surface area contributed by atoms with Gasteiger partial charge in [-0.2, -0.15) is 0 Å². The number of methoxy groups -OCH3 is 1. The third kappa shape index (κ3) is 2.57. The van der Waals surface area contributed by atoms with E-state index in [9.17, 15) is 14.7 Å². The van der Waals surface area contributed by atoms with Crippen molar-refractivity contribution in [3.05, 3.63) is 81.7 Å². The second-order valence-corrected chi connectivity index (χ2v) is 6.75. The van der Waals surface area contributed by atoms with Crippen LogP contribution in [0.25, 0.3) is 11.0 Å². The summed E-state index contributed by atoms with van der Waals surface area (Å²) in [4.78, 5) is 27.9. The summed E-state index contributed by atoms with van der Waals surface area (Å²) in [6.45, 7) is 5.85. The van der Waals surface area contributed by atoms with Crippen LogP contribution in [-0.2, 0) is 0 Å². The quantitative estimate of drug-likeness (QED) is 0.704. The molecule has 3 aromatic rings. The summed E-state index contributed by atoms with van der Waals surface area (Å²) in [6.07, 6.45) is 1.60. The van der Waals surface area contributed by atoms with Crippen LogP contribution in [0, 0.1) is 6.92 Å². The molecule has 6 heteroatoms. The third-order valence-corrected chi connectivity index (χ3v) is 4.97. The molecule has 1 unspecified atom stereocenters. The Kier molecular flexibility index (Phi) is 4.19. The molecule has 1 amide bonds. The monoisotopic (exact) mass is 377 g/mol. The molecular weight excluding hydrogens is 358 g/mol. The number of phenols is 1. The van der Waals surface area contributed by atoms with Gasteiger partial charge in [0.1, 0.15) is 5.58 Å². The first kappa shape index (κ1) is 17.9. The molecule has 4 rings (SSSR count). The second kappa shape index (κ2) is 6.56. The lowest BCUT2D eigenvalue weighted by molar-refractivity contribution is 0.0748. The highest BCUT2D eigenvalue weighted by atomic mass is 16.5. The molecule has 0 aliphatic carbocycles. The van der Waals surface area contributed by atoms with Gasteiger partial charge in [0.25, 0.3) is 5.91 Å². The number of ether oxygens (including phenoxy) is 1. The van der Waals surface area contributed by atoms with Crippen LogP contribution >= 0.6 is 0 Å². The molecule has 0 saturated carbocycles. The van der Waals surface area contributed by atoms with Gasteiger partial charge in [0.15, 0.2) is 16.9 Å². The highest BCUT2D eigenvalue weighted by Gasteiger charge is 2.42. The minimum atomic E-state index is -0.656. The number of phenolic OH excluding ortho intramolecular Hbond substituents is 1. The molecule has 0 fully saturated rings. The van der Waals surface area contributed by atoms with E-state index in [1.807, 2.05) is 13.0 Å². The zero-order valence-electron chi connectivity index (χ0n) is 15.6. The van der Waals surface area contributed by atoms with Crippen LogP contribution < -0.4 is 10.2 Å². The topological polar surface area (TPSA) is 80.0 Å². The Morgan fingerprint density at radius 3 is 2.75 bits per heavy atom. The molecule has 0 bridgehead atoms. The fourth-order valence-electron chi connectivity index (χ4n) is 3.67. The molecule has 142 valence electrons. The van der Waals surface area contributed by atoms with Crippen molar-refractivity contribution in [2.75, 3.05) is 13.7 Å². The average Bonchev–Trinajstić information content (AvgIpc) is 2.96. The fourth-order valence-corrected chi connectivity index (χ4v) is 3.67. The van der Waals surface area contributed by atoms with Gasteiger partial charge in [-0.3, -0.25) is 9.59 Å². The zero-order chi connectivity index (χ0) is 20.0. The first-order valence-electron chi connectivity index (χ1n) is 8.82. The van der Waals surface area contributed by atoms with E-state index in [0.717, 1.165) is 5.56 Å². The van der Waals surface area contributed by atoms with E-state index in [1.165, 1.54) is 18.1 Å². The van der Waals surface area contributed by atoms with Crippen molar-refractivity contribution in [2.24, 2.45) is 0 Å². The highest BCUT2D eigenvalue weighted by molar-refractivity contribution is 5.99. The molecular formula is C22H19NO5. The van der Waals surface area contributed by atoms with Crippen LogP contribution in [-0.4, -0.2) is 29.6 Å². The molecule has 1 N–H and O–H groups in total. The number of fused-ring (bicyclic) bond motifs is 2. The summed E-state index contributed by atoms with van der Waals surface area (Å²) in [5.74, 6) is -0.0861. The fraction of sp³-hybridized carbons (Fsp3) is 0.182. The van der Waals surface area contributed by atoms with Crippen molar-refractivity contribution in [3.63, 3.8) is 0 Å². The third-order valence-electron chi connectivity index (χ3n) is 4.97. The molecule has 6 nitrogen and oxygen atoms in total. The summed E-state index contributed by atoms with van der Waals surface area (Å²) in [6, 6.07) is 9.41. The van der Waals surface area contributed by atoms with Crippen molar-refractivity contribution in [3.8, 4) is 11.5 Å². The van der Waals surface area contributed by atoms with Gasteiger partial charge in [-0.15, -0.1) is 6.58 Å². The number of aromatic hydroxyl groups is 1. The summed E-state index contributed by atoms with van der Waals surface area (Å²) in [5.41, 5.74) is 2.00. The highest BCUT2D eigenvalue weighted by Crippen LogP contribution is 2.40. The minimum absolute atomic E-state index is 0.0211. The molecule has 2 heterocycles. The van der Waals surface area contributed by atoms with E-state index in [4.69, 9.17) is 9.15 Å². The Hall–Kier alpha value is -3.54. The number of hydrogen-bond donors (Lipinski definition) is 1. The molecule has 1 aromatic heterocycles. The molecule has 1 atom stereocenters. The lowest BCUT2D eigenvalue weighted by Crippen LogP contribution is -2.29. The van der Waals surface area contributed by atoms with Crippen LogP contribution in [0.2, 0.25) is 0 Å². The van der Waals surface area contributed by atoms with E-state index in [-0.39, 0.29) is 40.7 Å². The van der Waals surface area contributed by atoms with Gasteiger partial charge >= 0.3 is 0 Å². The van der Waals surface area contributed by atoms with Crippen molar-refractivity contribution < 1.29 is 19.1 Å². The van der Waals surface area contributed by atoms with E-state index in [2.05, 4.69) is 6.58 Å². The van der Waals surface area contributed by atoms with Gasteiger partial charge < -0.3 is 19.2 Å². The van der Waals surface area contributed by atoms with Crippen molar-refractivity contribution in [1.82, 2.24) is 4.90 Å².